The topological polar surface area (TPSA) is 60.2 Å². The highest BCUT2D eigenvalue weighted by atomic mass is 16.1. The Morgan fingerprint density at radius 3 is 2.44 bits per heavy atom. The van der Waals surface area contributed by atoms with E-state index in [-0.39, 0.29) is 11.6 Å². The van der Waals surface area contributed by atoms with Crippen molar-refractivity contribution in [3.63, 3.8) is 0 Å². The van der Waals surface area contributed by atoms with Crippen LogP contribution in [0.5, 0.6) is 0 Å². The predicted octanol–water partition coefficient (Wildman–Crippen LogP) is 2.35. The smallest absolute Gasteiger partial charge is 0.196 e. The van der Waals surface area contributed by atoms with Gasteiger partial charge < -0.3 is 5.73 Å². The first kappa shape index (κ1) is 10.7. The van der Waals surface area contributed by atoms with E-state index < -0.39 is 0 Å². The van der Waals surface area contributed by atoms with E-state index >= 15 is 0 Å². The van der Waals surface area contributed by atoms with Gasteiger partial charge in [-0.25, -0.2) is 0 Å². The number of anilines is 1. The van der Waals surface area contributed by atoms with Gasteiger partial charge in [0, 0.05) is 22.4 Å². The molecule has 0 bridgehead atoms. The molecule has 0 saturated carbocycles. The van der Waals surface area contributed by atoms with Crippen LogP contribution in [0.3, 0.4) is 0 Å². The Labute approximate surface area is 104 Å². The Morgan fingerprint density at radius 1 is 0.889 bits per heavy atom. The molecule has 3 nitrogen and oxygen atoms in total. The first-order chi connectivity index (χ1) is 8.59. The van der Waals surface area contributed by atoms with Crippen molar-refractivity contribution in [2.75, 3.05) is 5.73 Å². The third-order valence-electron chi connectivity index (χ3n) is 3.23. The van der Waals surface area contributed by atoms with E-state index in [2.05, 4.69) is 0 Å². The molecule has 0 saturated heterocycles. The molecule has 0 amide bonds. The Balaban J connectivity index is 2.36. The number of benzene rings is 2. The van der Waals surface area contributed by atoms with Crippen LogP contribution >= 0.6 is 0 Å². The summed E-state index contributed by atoms with van der Waals surface area (Å²) in [6.45, 7) is 1.89. The second-order valence-corrected chi connectivity index (χ2v) is 4.48. The average Bonchev–Trinajstić information content (AvgIpc) is 2.35. The fourth-order valence-corrected chi connectivity index (χ4v) is 2.34. The zero-order chi connectivity index (χ0) is 12.9. The molecule has 0 aliphatic heterocycles. The Hall–Kier alpha value is -2.42. The second kappa shape index (κ2) is 3.53. The van der Waals surface area contributed by atoms with E-state index in [0.29, 0.717) is 27.9 Å². The van der Waals surface area contributed by atoms with Crippen LogP contribution in [-0.2, 0) is 0 Å². The molecule has 88 valence electrons. The molecule has 18 heavy (non-hydrogen) atoms. The van der Waals surface area contributed by atoms with Crippen molar-refractivity contribution in [1.29, 1.82) is 0 Å². The van der Waals surface area contributed by atoms with E-state index in [0.717, 1.165) is 5.56 Å². The zero-order valence-corrected chi connectivity index (χ0v) is 9.86. The zero-order valence-electron chi connectivity index (χ0n) is 9.86. The van der Waals surface area contributed by atoms with Gasteiger partial charge in [-0.05, 0) is 19.1 Å². The first-order valence-corrected chi connectivity index (χ1v) is 5.68. The van der Waals surface area contributed by atoms with Crippen LogP contribution in [0.25, 0.3) is 0 Å². The maximum atomic E-state index is 12.4. The summed E-state index contributed by atoms with van der Waals surface area (Å²) in [4.78, 5) is 24.7. The van der Waals surface area contributed by atoms with Gasteiger partial charge >= 0.3 is 0 Å². The summed E-state index contributed by atoms with van der Waals surface area (Å²) in [5.41, 5.74) is 8.77. The summed E-state index contributed by atoms with van der Waals surface area (Å²) in [5, 5.41) is 0. The minimum absolute atomic E-state index is 0.132. The van der Waals surface area contributed by atoms with E-state index in [4.69, 9.17) is 5.73 Å². The monoisotopic (exact) mass is 237 g/mol. The van der Waals surface area contributed by atoms with E-state index in [1.54, 1.807) is 30.3 Å². The van der Waals surface area contributed by atoms with Gasteiger partial charge in [-0.3, -0.25) is 9.59 Å². The molecule has 0 unspecified atom stereocenters. The number of aryl methyl sites for hydroxylation is 1. The van der Waals surface area contributed by atoms with Gasteiger partial charge in [0.1, 0.15) is 0 Å². The summed E-state index contributed by atoms with van der Waals surface area (Å²) >= 11 is 0. The van der Waals surface area contributed by atoms with Crippen molar-refractivity contribution in [2.24, 2.45) is 0 Å². The third kappa shape index (κ3) is 1.31. The lowest BCUT2D eigenvalue weighted by Crippen LogP contribution is -2.22. The van der Waals surface area contributed by atoms with Gasteiger partial charge in [0.2, 0.25) is 0 Å². The number of nitrogen functional groups attached to an aromatic ring is 1. The van der Waals surface area contributed by atoms with Crippen molar-refractivity contribution >= 4 is 17.3 Å². The number of carbonyl (C=O) groups excluding carboxylic acids is 2. The van der Waals surface area contributed by atoms with Crippen molar-refractivity contribution in [1.82, 2.24) is 0 Å². The minimum Gasteiger partial charge on any atom is -0.398 e. The third-order valence-corrected chi connectivity index (χ3v) is 3.23. The molecule has 3 heteroatoms. The number of ketones is 2. The Bertz CT molecular complexity index is 702. The van der Waals surface area contributed by atoms with E-state index in [1.165, 1.54) is 0 Å². The fourth-order valence-electron chi connectivity index (χ4n) is 2.34. The van der Waals surface area contributed by atoms with Crippen LogP contribution in [0.2, 0.25) is 0 Å². The Morgan fingerprint density at radius 2 is 1.67 bits per heavy atom. The van der Waals surface area contributed by atoms with Crippen molar-refractivity contribution in [3.8, 4) is 0 Å². The number of fused-ring (bicyclic) bond motifs is 2. The number of rotatable bonds is 0. The van der Waals surface area contributed by atoms with Gasteiger partial charge in [0.05, 0.1) is 5.56 Å². The molecule has 0 atom stereocenters. The SMILES string of the molecule is Cc1ccc2c(c1)C(=O)c1c(N)cccc1C2=O. The number of hydrogen-bond acceptors (Lipinski definition) is 3. The lowest BCUT2D eigenvalue weighted by Gasteiger charge is -2.18. The molecule has 0 radical (unpaired) electrons. The lowest BCUT2D eigenvalue weighted by molar-refractivity contribution is 0.0979. The maximum absolute atomic E-state index is 12.4. The van der Waals surface area contributed by atoms with Crippen molar-refractivity contribution in [2.45, 2.75) is 6.92 Å². The quantitative estimate of drug-likeness (QED) is 0.610. The standard InChI is InChI=1S/C15H11NO2/c1-8-5-6-9-11(7-8)15(18)13-10(14(9)17)3-2-4-12(13)16/h2-7H,16H2,1H3. The average molecular weight is 237 g/mol. The number of hydrogen-bond donors (Lipinski definition) is 1. The number of carbonyl (C=O) groups is 2. The van der Waals surface area contributed by atoms with Crippen molar-refractivity contribution < 1.29 is 9.59 Å². The summed E-state index contributed by atoms with van der Waals surface area (Å²) in [6, 6.07) is 10.3. The molecule has 0 fully saturated rings. The Kier molecular flexibility index (Phi) is 2.10. The van der Waals surface area contributed by atoms with Gasteiger partial charge in [0.15, 0.2) is 11.6 Å². The molecule has 2 aromatic rings. The fraction of sp³-hybridized carbons (Fsp3) is 0.0667. The number of nitrogens with two attached hydrogens (primary N) is 1. The second-order valence-electron chi connectivity index (χ2n) is 4.48. The van der Waals surface area contributed by atoms with Gasteiger partial charge in [-0.2, -0.15) is 0 Å². The van der Waals surface area contributed by atoms with E-state index in [1.807, 2.05) is 13.0 Å². The predicted molar refractivity (Wildman–Crippen MR) is 68.9 cm³/mol. The summed E-state index contributed by atoms with van der Waals surface area (Å²) in [5.74, 6) is -0.298. The maximum Gasteiger partial charge on any atom is 0.196 e. The summed E-state index contributed by atoms with van der Waals surface area (Å²) < 4.78 is 0. The van der Waals surface area contributed by atoms with Crippen LogP contribution in [0.15, 0.2) is 36.4 Å². The van der Waals surface area contributed by atoms with E-state index in [9.17, 15) is 9.59 Å². The normalized spacial score (nSPS) is 13.2. The molecule has 1 aliphatic carbocycles. The van der Waals surface area contributed by atoms with Crippen LogP contribution in [0, 0.1) is 6.92 Å². The lowest BCUT2D eigenvalue weighted by atomic mass is 9.83. The minimum atomic E-state index is -0.165. The molecule has 3 rings (SSSR count). The largest absolute Gasteiger partial charge is 0.398 e. The molecule has 0 heterocycles. The van der Waals surface area contributed by atoms with Crippen LogP contribution in [0.4, 0.5) is 5.69 Å². The van der Waals surface area contributed by atoms with Crippen LogP contribution < -0.4 is 5.73 Å². The summed E-state index contributed by atoms with van der Waals surface area (Å²) in [6.07, 6.45) is 0. The molecular formula is C15H11NO2. The highest BCUT2D eigenvalue weighted by Crippen LogP contribution is 2.30. The first-order valence-electron chi connectivity index (χ1n) is 5.68. The van der Waals surface area contributed by atoms with Gasteiger partial charge in [0.25, 0.3) is 0 Å². The molecule has 2 N–H and O–H groups in total. The van der Waals surface area contributed by atoms with Crippen LogP contribution in [0.1, 0.15) is 37.4 Å². The molecule has 1 aliphatic rings. The van der Waals surface area contributed by atoms with Gasteiger partial charge in [-0.1, -0.05) is 29.8 Å². The molecular weight excluding hydrogens is 226 g/mol. The van der Waals surface area contributed by atoms with Crippen LogP contribution in [-0.4, -0.2) is 11.6 Å². The van der Waals surface area contributed by atoms with Crippen molar-refractivity contribution in [3.05, 3.63) is 64.2 Å². The highest BCUT2D eigenvalue weighted by Gasteiger charge is 2.30. The molecule has 0 aromatic heterocycles. The molecule has 0 spiro atoms. The summed E-state index contributed by atoms with van der Waals surface area (Å²) in [7, 11) is 0. The highest BCUT2D eigenvalue weighted by molar-refractivity contribution is 6.30. The molecule has 2 aromatic carbocycles. The van der Waals surface area contributed by atoms with Gasteiger partial charge in [-0.15, -0.1) is 0 Å².